The van der Waals surface area contributed by atoms with Crippen molar-refractivity contribution in [1.82, 2.24) is 9.55 Å². The molecule has 1 atom stereocenters. The molecule has 1 fully saturated rings. The lowest BCUT2D eigenvalue weighted by atomic mass is 10.1. The van der Waals surface area contributed by atoms with Gasteiger partial charge in [0.05, 0.1) is 35.1 Å². The van der Waals surface area contributed by atoms with E-state index in [0.717, 1.165) is 24.4 Å². The first-order valence-electron chi connectivity index (χ1n) is 6.09. The second-order valence-electron chi connectivity index (χ2n) is 4.56. The number of hydrogen-bond donors (Lipinski definition) is 1. The summed E-state index contributed by atoms with van der Waals surface area (Å²) in [6, 6.07) is 4.94. The van der Waals surface area contributed by atoms with Crippen molar-refractivity contribution in [3.63, 3.8) is 0 Å². The summed E-state index contributed by atoms with van der Waals surface area (Å²) in [5, 5.41) is 8.99. The highest BCUT2D eigenvalue weighted by Crippen LogP contribution is 2.22. The monoisotopic (exact) mass is 280 g/mol. The zero-order valence-electron chi connectivity index (χ0n) is 10.2. The second kappa shape index (κ2) is 4.83. The first-order valence-corrected chi connectivity index (χ1v) is 6.62. The topological polar surface area (TPSA) is 64.3 Å². The lowest BCUT2D eigenvalue weighted by Crippen LogP contribution is -2.31. The number of aromatic carboxylic acids is 1. The number of carboxylic acid groups (broad SMARTS) is 1. The molecule has 1 aromatic heterocycles. The Bertz CT molecular complexity index is 634. The molecule has 1 aliphatic rings. The number of aromatic nitrogens is 2. The van der Waals surface area contributed by atoms with Gasteiger partial charge >= 0.3 is 5.97 Å². The van der Waals surface area contributed by atoms with E-state index in [0.29, 0.717) is 17.9 Å². The van der Waals surface area contributed by atoms with Crippen LogP contribution in [-0.4, -0.2) is 33.3 Å². The molecule has 1 unspecified atom stereocenters. The fraction of sp³-hybridized carbons (Fsp3) is 0.385. The van der Waals surface area contributed by atoms with Crippen molar-refractivity contribution >= 4 is 28.6 Å². The third kappa shape index (κ3) is 2.19. The van der Waals surface area contributed by atoms with Gasteiger partial charge in [0.15, 0.2) is 0 Å². The molecule has 6 heteroatoms. The quantitative estimate of drug-likeness (QED) is 0.873. The zero-order chi connectivity index (χ0) is 13.4. The van der Waals surface area contributed by atoms with Crippen LogP contribution in [0.4, 0.5) is 0 Å². The van der Waals surface area contributed by atoms with Crippen molar-refractivity contribution in [3.8, 4) is 0 Å². The third-order valence-corrected chi connectivity index (χ3v) is 3.61. The van der Waals surface area contributed by atoms with Gasteiger partial charge in [0.2, 0.25) is 0 Å². The number of nitrogens with zero attached hydrogens (tertiary/aromatic N) is 2. The molecule has 0 bridgehead atoms. The van der Waals surface area contributed by atoms with Gasteiger partial charge in [0.25, 0.3) is 0 Å². The Balaban J connectivity index is 2.05. The average Bonchev–Trinajstić information content (AvgIpc) is 2.70. The number of benzene rings is 1. The SMILES string of the molecule is O=C(O)c1ccc2c(c1)nc(CCl)n2CC1CCO1. The number of hydrogen-bond acceptors (Lipinski definition) is 3. The van der Waals surface area contributed by atoms with Crippen molar-refractivity contribution < 1.29 is 14.6 Å². The molecule has 0 aliphatic carbocycles. The molecule has 2 heterocycles. The lowest BCUT2D eigenvalue weighted by Gasteiger charge is -2.27. The first kappa shape index (κ1) is 12.4. The summed E-state index contributed by atoms with van der Waals surface area (Å²) in [6.07, 6.45) is 1.24. The van der Waals surface area contributed by atoms with Gasteiger partial charge in [-0.15, -0.1) is 11.6 Å². The fourth-order valence-electron chi connectivity index (χ4n) is 2.25. The highest BCUT2D eigenvalue weighted by Gasteiger charge is 2.21. The summed E-state index contributed by atoms with van der Waals surface area (Å²) >= 11 is 5.91. The van der Waals surface area contributed by atoms with Crippen LogP contribution in [0.5, 0.6) is 0 Å². The van der Waals surface area contributed by atoms with Gasteiger partial charge in [-0.05, 0) is 24.6 Å². The summed E-state index contributed by atoms with van der Waals surface area (Å²) in [4.78, 5) is 15.4. The maximum Gasteiger partial charge on any atom is 0.335 e. The van der Waals surface area contributed by atoms with Gasteiger partial charge in [0, 0.05) is 6.61 Å². The molecule has 5 nitrogen and oxygen atoms in total. The van der Waals surface area contributed by atoms with Crippen molar-refractivity contribution in [2.45, 2.75) is 24.9 Å². The zero-order valence-corrected chi connectivity index (χ0v) is 10.9. The minimum absolute atomic E-state index is 0.207. The molecule has 3 rings (SSSR count). The normalized spacial score (nSPS) is 18.5. The van der Waals surface area contributed by atoms with Crippen molar-refractivity contribution in [2.24, 2.45) is 0 Å². The third-order valence-electron chi connectivity index (χ3n) is 3.37. The highest BCUT2D eigenvalue weighted by molar-refractivity contribution is 6.16. The van der Waals surface area contributed by atoms with Crippen LogP contribution < -0.4 is 0 Å². The summed E-state index contributed by atoms with van der Waals surface area (Å²) in [5.41, 5.74) is 1.80. The standard InChI is InChI=1S/C13H13ClN2O3/c14-6-12-15-10-5-8(13(17)18)1-2-11(10)16(12)7-9-3-4-19-9/h1-2,5,9H,3-4,6-7H2,(H,17,18). The summed E-state index contributed by atoms with van der Waals surface area (Å²) in [7, 11) is 0. The van der Waals surface area contributed by atoms with Crippen LogP contribution in [0.15, 0.2) is 18.2 Å². The van der Waals surface area contributed by atoms with Crippen molar-refractivity contribution in [1.29, 1.82) is 0 Å². The first-order chi connectivity index (χ1) is 9.19. The predicted molar refractivity (Wildman–Crippen MR) is 70.6 cm³/mol. The molecule has 100 valence electrons. The van der Waals surface area contributed by atoms with Gasteiger partial charge in [-0.25, -0.2) is 9.78 Å². The molecule has 1 N–H and O–H groups in total. The molecular weight excluding hydrogens is 268 g/mol. The summed E-state index contributed by atoms with van der Waals surface area (Å²) < 4.78 is 7.44. The molecule has 0 amide bonds. The minimum Gasteiger partial charge on any atom is -0.478 e. The van der Waals surface area contributed by atoms with Gasteiger partial charge in [0.1, 0.15) is 5.82 Å². The molecule has 0 radical (unpaired) electrons. The highest BCUT2D eigenvalue weighted by atomic mass is 35.5. The largest absolute Gasteiger partial charge is 0.478 e. The molecule has 0 saturated carbocycles. The van der Waals surface area contributed by atoms with E-state index in [4.69, 9.17) is 21.4 Å². The smallest absolute Gasteiger partial charge is 0.335 e. The van der Waals surface area contributed by atoms with E-state index in [1.807, 2.05) is 4.57 Å². The van der Waals surface area contributed by atoms with E-state index in [1.165, 1.54) is 0 Å². The van der Waals surface area contributed by atoms with Crippen LogP contribution in [-0.2, 0) is 17.2 Å². The number of fused-ring (bicyclic) bond motifs is 1. The molecule has 1 saturated heterocycles. The van der Waals surface area contributed by atoms with E-state index in [1.54, 1.807) is 18.2 Å². The van der Waals surface area contributed by atoms with Crippen LogP contribution in [0.1, 0.15) is 22.6 Å². The molecule has 2 aromatic rings. The molecule has 1 aliphatic heterocycles. The number of carbonyl (C=O) groups is 1. The summed E-state index contributed by atoms with van der Waals surface area (Å²) in [6.45, 7) is 1.52. The van der Waals surface area contributed by atoms with E-state index >= 15 is 0 Å². The maximum atomic E-state index is 11.0. The maximum absolute atomic E-state index is 11.0. The second-order valence-corrected chi connectivity index (χ2v) is 4.83. The predicted octanol–water partition coefficient (Wildman–Crippen LogP) is 2.26. The lowest BCUT2D eigenvalue weighted by molar-refractivity contribution is -0.0589. The van der Waals surface area contributed by atoms with Crippen LogP contribution >= 0.6 is 11.6 Å². The van der Waals surface area contributed by atoms with Crippen LogP contribution in [0.2, 0.25) is 0 Å². The number of rotatable bonds is 4. The Morgan fingerprint density at radius 1 is 1.58 bits per heavy atom. The number of ether oxygens (including phenoxy) is 1. The summed E-state index contributed by atoms with van der Waals surface area (Å²) in [5.74, 6) is 0.0879. The molecule has 19 heavy (non-hydrogen) atoms. The van der Waals surface area contributed by atoms with E-state index in [-0.39, 0.29) is 11.7 Å². The van der Waals surface area contributed by atoms with E-state index in [9.17, 15) is 4.79 Å². The fourth-order valence-corrected chi connectivity index (χ4v) is 2.45. The molecule has 1 aromatic carbocycles. The average molecular weight is 281 g/mol. The molecular formula is C13H13ClN2O3. The Morgan fingerprint density at radius 3 is 2.95 bits per heavy atom. The van der Waals surface area contributed by atoms with Gasteiger partial charge < -0.3 is 14.4 Å². The Hall–Kier alpha value is -1.59. The number of imidazole rings is 1. The molecule has 0 spiro atoms. The van der Waals surface area contributed by atoms with E-state index in [2.05, 4.69) is 4.98 Å². The van der Waals surface area contributed by atoms with Crippen molar-refractivity contribution in [3.05, 3.63) is 29.6 Å². The van der Waals surface area contributed by atoms with Gasteiger partial charge in [-0.1, -0.05) is 0 Å². The number of alkyl halides is 1. The van der Waals surface area contributed by atoms with Gasteiger partial charge in [-0.3, -0.25) is 0 Å². The number of carboxylic acids is 1. The Morgan fingerprint density at radius 2 is 2.37 bits per heavy atom. The van der Waals surface area contributed by atoms with Crippen LogP contribution in [0, 0.1) is 0 Å². The Labute approximate surface area is 114 Å². The van der Waals surface area contributed by atoms with E-state index < -0.39 is 5.97 Å². The Kier molecular flexibility index (Phi) is 3.16. The van der Waals surface area contributed by atoms with Gasteiger partial charge in [-0.2, -0.15) is 0 Å². The number of halogens is 1. The van der Waals surface area contributed by atoms with Crippen LogP contribution in [0.25, 0.3) is 11.0 Å². The minimum atomic E-state index is -0.953. The van der Waals surface area contributed by atoms with Crippen molar-refractivity contribution in [2.75, 3.05) is 6.61 Å². The van der Waals surface area contributed by atoms with Crippen LogP contribution in [0.3, 0.4) is 0 Å².